The van der Waals surface area contributed by atoms with Crippen molar-refractivity contribution in [2.75, 3.05) is 13.3 Å². The Bertz CT molecular complexity index is 1370. The molecule has 0 fully saturated rings. The summed E-state index contributed by atoms with van der Waals surface area (Å²) in [6.45, 7) is 0.985. The quantitative estimate of drug-likeness (QED) is 0.189. The van der Waals surface area contributed by atoms with Gasteiger partial charge in [0.15, 0.2) is 24.0 Å². The van der Waals surface area contributed by atoms with Gasteiger partial charge in [-0.3, -0.25) is 15.0 Å². The average molecular weight is 497 g/mol. The first-order valence-corrected chi connectivity index (χ1v) is 11.8. The third kappa shape index (κ3) is 6.65. The van der Waals surface area contributed by atoms with Gasteiger partial charge >= 0.3 is 0 Å². The maximum atomic E-state index is 12.5. The number of nitrogens with two attached hydrogens (primary N) is 2. The molecule has 10 nitrogen and oxygen atoms in total. The Morgan fingerprint density at radius 1 is 0.943 bits per heavy atom. The van der Waals surface area contributed by atoms with Crippen LogP contribution in [0.2, 0.25) is 0 Å². The SMILES string of the molecule is CC(=O)COc1ccc(C(=N)N)cc1OCNC(=O)c1ccc(-c2ccccc2S(N)(=O)=O)cc1. The summed E-state index contributed by atoms with van der Waals surface area (Å²) in [5.41, 5.74) is 7.22. The van der Waals surface area contributed by atoms with Crippen molar-refractivity contribution < 1.29 is 27.5 Å². The van der Waals surface area contributed by atoms with Crippen LogP contribution in [-0.4, -0.2) is 39.3 Å². The van der Waals surface area contributed by atoms with E-state index in [0.717, 1.165) is 0 Å². The number of carbonyl (C=O) groups is 2. The van der Waals surface area contributed by atoms with Gasteiger partial charge in [0, 0.05) is 16.7 Å². The lowest BCUT2D eigenvalue weighted by Crippen LogP contribution is -2.28. The summed E-state index contributed by atoms with van der Waals surface area (Å²) in [6, 6.07) is 17.2. The number of benzene rings is 3. The number of hydrogen-bond donors (Lipinski definition) is 4. The van der Waals surface area contributed by atoms with Crippen LogP contribution < -0.4 is 25.7 Å². The van der Waals surface area contributed by atoms with Crippen molar-refractivity contribution in [1.29, 1.82) is 5.41 Å². The van der Waals surface area contributed by atoms with Crippen molar-refractivity contribution in [2.45, 2.75) is 11.8 Å². The van der Waals surface area contributed by atoms with Crippen LogP contribution in [0.25, 0.3) is 11.1 Å². The average Bonchev–Trinajstić information content (AvgIpc) is 2.82. The zero-order valence-electron chi connectivity index (χ0n) is 18.8. The van der Waals surface area contributed by atoms with Crippen LogP contribution in [0.15, 0.2) is 71.6 Å². The monoisotopic (exact) mass is 496 g/mol. The van der Waals surface area contributed by atoms with Gasteiger partial charge in [0.2, 0.25) is 10.0 Å². The number of sulfonamides is 1. The molecule has 1 amide bonds. The number of primary sulfonamides is 1. The summed E-state index contributed by atoms with van der Waals surface area (Å²) in [4.78, 5) is 23.8. The van der Waals surface area contributed by atoms with Crippen molar-refractivity contribution in [1.82, 2.24) is 5.32 Å². The molecule has 0 radical (unpaired) electrons. The number of amidine groups is 1. The second-order valence-corrected chi connectivity index (χ2v) is 9.01. The predicted molar refractivity (Wildman–Crippen MR) is 130 cm³/mol. The molecule has 3 aromatic carbocycles. The minimum Gasteiger partial charge on any atom is -0.482 e. The lowest BCUT2D eigenvalue weighted by molar-refractivity contribution is -0.118. The predicted octanol–water partition coefficient (Wildman–Crippen LogP) is 2.02. The molecule has 0 atom stereocenters. The number of amides is 1. The van der Waals surface area contributed by atoms with Gasteiger partial charge in [-0.25, -0.2) is 13.6 Å². The molecular formula is C24H24N4O6S. The smallest absolute Gasteiger partial charge is 0.253 e. The molecule has 3 rings (SSSR count). The first kappa shape index (κ1) is 25.4. The molecule has 0 aromatic heterocycles. The maximum absolute atomic E-state index is 12.5. The molecule has 0 heterocycles. The number of ketones is 1. The summed E-state index contributed by atoms with van der Waals surface area (Å²) in [7, 11) is -3.91. The standard InChI is InChI=1S/C24H24N4O6S/c1-15(29)13-33-20-11-10-18(23(25)26)12-21(20)34-14-28-24(30)17-8-6-16(7-9-17)19-4-2-3-5-22(19)35(27,31)32/h2-12H,13-14H2,1H3,(H3,25,26)(H,28,30)(H2,27,31,32). The highest BCUT2D eigenvalue weighted by molar-refractivity contribution is 7.89. The molecular weight excluding hydrogens is 472 g/mol. The van der Waals surface area contributed by atoms with E-state index in [1.165, 1.54) is 25.1 Å². The zero-order chi connectivity index (χ0) is 25.6. The Labute approximate surface area is 202 Å². The van der Waals surface area contributed by atoms with Crippen molar-refractivity contribution in [3.63, 3.8) is 0 Å². The van der Waals surface area contributed by atoms with E-state index in [4.69, 9.17) is 25.8 Å². The second-order valence-electron chi connectivity index (χ2n) is 7.48. The van der Waals surface area contributed by atoms with Crippen LogP contribution in [-0.2, 0) is 14.8 Å². The third-order valence-corrected chi connectivity index (χ3v) is 5.77. The second kappa shape index (κ2) is 10.8. The van der Waals surface area contributed by atoms with Crippen molar-refractivity contribution >= 4 is 27.5 Å². The van der Waals surface area contributed by atoms with Gasteiger partial charge < -0.3 is 20.5 Å². The van der Waals surface area contributed by atoms with Crippen molar-refractivity contribution in [2.24, 2.45) is 10.9 Å². The van der Waals surface area contributed by atoms with Gasteiger partial charge in [0.1, 0.15) is 12.4 Å². The van der Waals surface area contributed by atoms with Gasteiger partial charge in [0.05, 0.1) is 4.90 Å². The van der Waals surface area contributed by atoms with Crippen molar-refractivity contribution in [3.8, 4) is 22.6 Å². The third-order valence-electron chi connectivity index (χ3n) is 4.80. The van der Waals surface area contributed by atoms with E-state index in [9.17, 15) is 18.0 Å². The van der Waals surface area contributed by atoms with E-state index in [1.807, 2.05) is 0 Å². The molecule has 11 heteroatoms. The highest BCUT2D eigenvalue weighted by atomic mass is 32.2. The first-order valence-electron chi connectivity index (χ1n) is 10.3. The van der Waals surface area contributed by atoms with Crippen molar-refractivity contribution in [3.05, 3.63) is 77.9 Å². The number of Topliss-reactive ketones (excluding diaryl/α,β-unsaturated/α-hetero) is 1. The summed E-state index contributed by atoms with van der Waals surface area (Å²) in [5.74, 6) is -0.340. The fourth-order valence-electron chi connectivity index (χ4n) is 3.12. The van der Waals surface area contributed by atoms with E-state index in [1.54, 1.807) is 48.5 Å². The van der Waals surface area contributed by atoms with Crippen LogP contribution >= 0.6 is 0 Å². The maximum Gasteiger partial charge on any atom is 0.253 e. The Morgan fingerprint density at radius 3 is 2.23 bits per heavy atom. The molecule has 0 unspecified atom stereocenters. The molecule has 0 spiro atoms. The Hall–Kier alpha value is -4.22. The van der Waals surface area contributed by atoms with Gasteiger partial charge in [-0.1, -0.05) is 30.3 Å². The number of carbonyl (C=O) groups excluding carboxylic acids is 2. The Balaban J connectivity index is 1.70. The van der Waals surface area contributed by atoms with E-state index >= 15 is 0 Å². The number of ether oxygens (including phenoxy) is 2. The minimum absolute atomic E-state index is 0.0128. The number of rotatable bonds is 10. The molecule has 35 heavy (non-hydrogen) atoms. The topological polar surface area (TPSA) is 175 Å². The van der Waals surface area contributed by atoms with Crippen LogP contribution in [0, 0.1) is 5.41 Å². The molecule has 0 aliphatic carbocycles. The summed E-state index contributed by atoms with van der Waals surface area (Å²) >= 11 is 0. The molecule has 3 aromatic rings. The number of nitrogens with one attached hydrogen (secondary N) is 2. The van der Waals surface area contributed by atoms with Gasteiger partial charge in [-0.15, -0.1) is 0 Å². The molecule has 182 valence electrons. The van der Waals surface area contributed by atoms with Crippen LogP contribution in [0.5, 0.6) is 11.5 Å². The lowest BCUT2D eigenvalue weighted by Gasteiger charge is -2.14. The Morgan fingerprint density at radius 2 is 1.60 bits per heavy atom. The summed E-state index contributed by atoms with van der Waals surface area (Å²) in [6.07, 6.45) is 0. The summed E-state index contributed by atoms with van der Waals surface area (Å²) < 4.78 is 34.7. The van der Waals surface area contributed by atoms with Gasteiger partial charge in [0.25, 0.3) is 5.91 Å². The molecule has 0 saturated heterocycles. The lowest BCUT2D eigenvalue weighted by atomic mass is 10.0. The van der Waals surface area contributed by atoms with Crippen LogP contribution in [0.1, 0.15) is 22.8 Å². The fourth-order valence-corrected chi connectivity index (χ4v) is 3.88. The highest BCUT2D eigenvalue weighted by Gasteiger charge is 2.15. The molecule has 6 N–H and O–H groups in total. The number of hydrogen-bond acceptors (Lipinski definition) is 7. The highest BCUT2D eigenvalue weighted by Crippen LogP contribution is 2.29. The van der Waals surface area contributed by atoms with Crippen LogP contribution in [0.3, 0.4) is 0 Å². The largest absolute Gasteiger partial charge is 0.482 e. The fraction of sp³-hybridized carbons (Fsp3) is 0.125. The van der Waals surface area contributed by atoms with E-state index in [-0.39, 0.29) is 41.4 Å². The normalized spacial score (nSPS) is 10.9. The minimum atomic E-state index is -3.91. The Kier molecular flexibility index (Phi) is 7.84. The number of nitrogen functional groups attached to an aromatic ring is 1. The van der Waals surface area contributed by atoms with Gasteiger partial charge in [-0.2, -0.15) is 0 Å². The van der Waals surface area contributed by atoms with E-state index < -0.39 is 15.9 Å². The van der Waals surface area contributed by atoms with E-state index in [0.29, 0.717) is 22.3 Å². The van der Waals surface area contributed by atoms with Gasteiger partial charge in [-0.05, 0) is 48.9 Å². The molecule has 0 saturated carbocycles. The molecule has 0 bridgehead atoms. The zero-order valence-corrected chi connectivity index (χ0v) is 19.6. The molecule has 0 aliphatic rings. The van der Waals surface area contributed by atoms with Crippen LogP contribution in [0.4, 0.5) is 0 Å². The first-order chi connectivity index (χ1) is 16.6. The van der Waals surface area contributed by atoms with E-state index in [2.05, 4.69) is 5.32 Å². The summed E-state index contributed by atoms with van der Waals surface area (Å²) in [5, 5.41) is 15.5. The molecule has 0 aliphatic heterocycles.